The normalized spacial score (nSPS) is 18.7. The average Bonchev–Trinajstić information content (AvgIpc) is 3.26. The molecule has 7 heteroatoms. The molecule has 1 aromatic heterocycles. The molecular weight excluding hydrogens is 366 g/mol. The number of benzene rings is 1. The van der Waals surface area contributed by atoms with Crippen molar-refractivity contribution in [1.29, 1.82) is 0 Å². The van der Waals surface area contributed by atoms with E-state index in [0.717, 1.165) is 22.4 Å². The number of rotatable bonds is 4. The van der Waals surface area contributed by atoms with Crippen molar-refractivity contribution in [2.45, 2.75) is 12.5 Å². The van der Waals surface area contributed by atoms with Crippen LogP contribution in [0.5, 0.6) is 11.5 Å². The number of ether oxygens (including phenoxy) is 4. The predicted octanol–water partition coefficient (Wildman–Crippen LogP) is 3.13. The summed E-state index contributed by atoms with van der Waals surface area (Å²) in [6, 6.07) is 7.83. The number of carbonyl (C=O) groups excluding carboxylic acids is 1. The number of hydrogen-bond acceptors (Lipinski definition) is 6. The van der Waals surface area contributed by atoms with Gasteiger partial charge in [0.15, 0.2) is 11.5 Å². The second-order valence-corrected chi connectivity index (χ2v) is 7.25. The van der Waals surface area contributed by atoms with Gasteiger partial charge in [0.25, 0.3) is 5.91 Å². The zero-order valence-corrected chi connectivity index (χ0v) is 16.1. The molecule has 0 bridgehead atoms. The summed E-state index contributed by atoms with van der Waals surface area (Å²) >= 11 is 1.63. The first kappa shape index (κ1) is 17.7. The summed E-state index contributed by atoms with van der Waals surface area (Å²) in [6.45, 7) is 1.44. The van der Waals surface area contributed by atoms with Crippen LogP contribution in [0.25, 0.3) is 0 Å². The number of fused-ring (bicyclic) bond motifs is 1. The van der Waals surface area contributed by atoms with Crippen molar-refractivity contribution < 1.29 is 23.7 Å². The molecule has 2 aliphatic heterocycles. The summed E-state index contributed by atoms with van der Waals surface area (Å²) in [5.74, 6) is 1.46. The van der Waals surface area contributed by atoms with E-state index in [9.17, 15) is 4.79 Å². The van der Waals surface area contributed by atoms with Crippen LogP contribution in [0.4, 0.5) is 0 Å². The fourth-order valence-electron chi connectivity index (χ4n) is 3.54. The van der Waals surface area contributed by atoms with E-state index in [0.29, 0.717) is 31.3 Å². The third-order valence-corrected chi connectivity index (χ3v) is 5.73. The molecule has 2 aromatic rings. The molecule has 0 radical (unpaired) electrons. The number of nitrogens with zero attached hydrogens (tertiary/aromatic N) is 1. The minimum atomic E-state index is -0.201. The Kier molecular flexibility index (Phi) is 4.94. The van der Waals surface area contributed by atoms with Gasteiger partial charge in [0.1, 0.15) is 19.5 Å². The van der Waals surface area contributed by atoms with Crippen LogP contribution in [0.2, 0.25) is 0 Å². The van der Waals surface area contributed by atoms with Crippen LogP contribution >= 0.6 is 11.3 Å². The van der Waals surface area contributed by atoms with E-state index >= 15 is 0 Å². The van der Waals surface area contributed by atoms with Gasteiger partial charge in [0, 0.05) is 11.4 Å². The maximum Gasteiger partial charge on any atom is 0.293 e. The van der Waals surface area contributed by atoms with Gasteiger partial charge in [-0.15, -0.1) is 11.3 Å². The zero-order valence-electron chi connectivity index (χ0n) is 15.3. The average molecular weight is 387 g/mol. The molecule has 3 heterocycles. The van der Waals surface area contributed by atoms with Gasteiger partial charge in [-0.2, -0.15) is 0 Å². The minimum absolute atomic E-state index is 0.159. The number of methoxy groups -OCH3 is 2. The third kappa shape index (κ3) is 3.23. The number of thiophene rings is 1. The number of amides is 1. The van der Waals surface area contributed by atoms with Crippen molar-refractivity contribution in [1.82, 2.24) is 4.90 Å². The van der Waals surface area contributed by atoms with Crippen LogP contribution in [-0.2, 0) is 20.7 Å². The molecule has 1 atom stereocenters. The van der Waals surface area contributed by atoms with Crippen LogP contribution in [0.1, 0.15) is 22.0 Å². The van der Waals surface area contributed by atoms with Gasteiger partial charge in [-0.05, 0) is 41.1 Å². The maximum absolute atomic E-state index is 13.1. The largest absolute Gasteiger partial charge is 0.494 e. The van der Waals surface area contributed by atoms with Crippen LogP contribution in [0, 0.1) is 0 Å². The Morgan fingerprint density at radius 2 is 2.04 bits per heavy atom. The van der Waals surface area contributed by atoms with Gasteiger partial charge in [0.05, 0.1) is 20.3 Å². The van der Waals surface area contributed by atoms with Gasteiger partial charge < -0.3 is 23.8 Å². The van der Waals surface area contributed by atoms with E-state index in [1.807, 2.05) is 34.5 Å². The smallest absolute Gasteiger partial charge is 0.293 e. The van der Waals surface area contributed by atoms with Crippen LogP contribution in [0.3, 0.4) is 0 Å². The molecule has 0 N–H and O–H groups in total. The first-order valence-electron chi connectivity index (χ1n) is 8.76. The second-order valence-electron chi connectivity index (χ2n) is 6.27. The topological polar surface area (TPSA) is 57.2 Å². The van der Waals surface area contributed by atoms with E-state index in [-0.39, 0.29) is 17.7 Å². The molecule has 0 spiro atoms. The van der Waals surface area contributed by atoms with Crippen molar-refractivity contribution in [2.24, 2.45) is 0 Å². The van der Waals surface area contributed by atoms with Crippen molar-refractivity contribution >= 4 is 17.2 Å². The summed E-state index contributed by atoms with van der Waals surface area (Å²) in [5.41, 5.74) is 2.21. The summed E-state index contributed by atoms with van der Waals surface area (Å²) in [6.07, 6.45) is 2.15. The van der Waals surface area contributed by atoms with Gasteiger partial charge in [-0.25, -0.2) is 0 Å². The fraction of sp³-hybridized carbons (Fsp3) is 0.350. The van der Waals surface area contributed by atoms with Crippen LogP contribution < -0.4 is 9.47 Å². The van der Waals surface area contributed by atoms with E-state index < -0.39 is 0 Å². The van der Waals surface area contributed by atoms with Crippen molar-refractivity contribution in [3.05, 3.63) is 57.7 Å². The number of hydrogen-bond donors (Lipinski definition) is 0. The molecule has 1 aromatic carbocycles. The Morgan fingerprint density at radius 1 is 1.22 bits per heavy atom. The minimum Gasteiger partial charge on any atom is -0.494 e. The molecule has 0 saturated carbocycles. The Morgan fingerprint density at radius 3 is 2.70 bits per heavy atom. The highest BCUT2D eigenvalue weighted by Gasteiger charge is 2.36. The summed E-state index contributed by atoms with van der Waals surface area (Å²) in [7, 11) is 3.25. The first-order chi connectivity index (χ1) is 13.2. The lowest BCUT2D eigenvalue weighted by Gasteiger charge is -2.37. The molecule has 2 aliphatic rings. The Bertz CT molecular complexity index is 862. The Labute approximate surface area is 161 Å². The highest BCUT2D eigenvalue weighted by molar-refractivity contribution is 7.10. The van der Waals surface area contributed by atoms with Crippen LogP contribution in [-0.4, -0.2) is 44.8 Å². The fourth-order valence-corrected chi connectivity index (χ4v) is 4.39. The van der Waals surface area contributed by atoms with E-state index in [4.69, 9.17) is 18.9 Å². The molecule has 0 saturated heterocycles. The maximum atomic E-state index is 13.1. The lowest BCUT2D eigenvalue weighted by atomic mass is 9.90. The van der Waals surface area contributed by atoms with Gasteiger partial charge >= 0.3 is 0 Å². The van der Waals surface area contributed by atoms with Crippen LogP contribution in [0.15, 0.2) is 41.7 Å². The SMILES string of the molecule is COc1cc2c(cc1OC)C(c1cccs1)N(C(=O)C1=COCCO1)CC2. The third-order valence-electron chi connectivity index (χ3n) is 4.81. The quantitative estimate of drug-likeness (QED) is 0.807. The first-order valence-corrected chi connectivity index (χ1v) is 9.64. The number of carbonyl (C=O) groups is 1. The standard InChI is InChI=1S/C20H21NO5S/c1-23-15-10-13-5-6-21(20(22)17-12-25-7-8-26-17)19(18-4-3-9-27-18)14(13)11-16(15)24-2/h3-4,9-12,19H,5-8H2,1-2H3. The van der Waals surface area contributed by atoms with Gasteiger partial charge in [-0.3, -0.25) is 4.79 Å². The Balaban J connectivity index is 1.78. The highest BCUT2D eigenvalue weighted by atomic mass is 32.1. The summed E-state index contributed by atoms with van der Waals surface area (Å²) in [4.78, 5) is 16.1. The predicted molar refractivity (Wildman–Crippen MR) is 101 cm³/mol. The molecule has 4 rings (SSSR count). The summed E-state index contributed by atoms with van der Waals surface area (Å²) in [5, 5.41) is 2.02. The van der Waals surface area contributed by atoms with Crippen molar-refractivity contribution in [3.63, 3.8) is 0 Å². The van der Waals surface area contributed by atoms with Gasteiger partial charge in [-0.1, -0.05) is 6.07 Å². The second kappa shape index (κ2) is 7.52. The molecule has 0 aliphatic carbocycles. The van der Waals surface area contributed by atoms with E-state index in [1.54, 1.807) is 25.6 Å². The molecule has 0 fully saturated rings. The molecule has 6 nitrogen and oxygen atoms in total. The monoisotopic (exact) mass is 387 g/mol. The molecular formula is C20H21NO5S. The van der Waals surface area contributed by atoms with Gasteiger partial charge in [0.2, 0.25) is 5.76 Å². The van der Waals surface area contributed by atoms with Crippen molar-refractivity contribution in [3.8, 4) is 11.5 Å². The summed E-state index contributed by atoms with van der Waals surface area (Å²) < 4.78 is 21.8. The molecule has 27 heavy (non-hydrogen) atoms. The lowest BCUT2D eigenvalue weighted by Crippen LogP contribution is -2.42. The highest BCUT2D eigenvalue weighted by Crippen LogP contribution is 2.42. The zero-order chi connectivity index (χ0) is 18.8. The molecule has 142 valence electrons. The lowest BCUT2D eigenvalue weighted by molar-refractivity contribution is -0.134. The Hall–Kier alpha value is -2.67. The molecule has 1 amide bonds. The molecule has 1 unspecified atom stereocenters. The van der Waals surface area contributed by atoms with Crippen molar-refractivity contribution in [2.75, 3.05) is 34.0 Å². The van der Waals surface area contributed by atoms with E-state index in [2.05, 4.69) is 0 Å². The van der Waals surface area contributed by atoms with E-state index in [1.165, 1.54) is 6.26 Å².